The highest BCUT2D eigenvalue weighted by atomic mass is 15.1. The molecule has 0 aliphatic carbocycles. The lowest BCUT2D eigenvalue weighted by Gasteiger charge is -2.06. The van der Waals surface area contributed by atoms with E-state index >= 15 is 0 Å². The highest BCUT2D eigenvalue weighted by Crippen LogP contribution is 2.23. The number of imidazole rings is 3. The van der Waals surface area contributed by atoms with E-state index in [-0.39, 0.29) is 0 Å². The van der Waals surface area contributed by atoms with E-state index in [0.29, 0.717) is 5.92 Å². The molecular formula is C16H16N6. The molecule has 0 amide bonds. The van der Waals surface area contributed by atoms with Crippen LogP contribution < -0.4 is 0 Å². The van der Waals surface area contributed by atoms with Crippen molar-refractivity contribution in [3.8, 4) is 17.3 Å². The SMILES string of the molecule is CC(C)c1nc2ccc(-n3ccnc3-c3ncc[nH]3)cc2[nH]1. The molecule has 6 nitrogen and oxygen atoms in total. The Bertz CT molecular complexity index is 913. The van der Waals surface area contributed by atoms with E-state index < -0.39 is 0 Å². The van der Waals surface area contributed by atoms with Gasteiger partial charge in [0.15, 0.2) is 11.6 Å². The number of aromatic nitrogens is 6. The number of nitrogens with one attached hydrogen (secondary N) is 2. The van der Waals surface area contributed by atoms with Crippen molar-refractivity contribution >= 4 is 11.0 Å². The Labute approximate surface area is 127 Å². The van der Waals surface area contributed by atoms with Crippen LogP contribution in [0.3, 0.4) is 0 Å². The summed E-state index contributed by atoms with van der Waals surface area (Å²) >= 11 is 0. The number of aromatic amines is 2. The lowest BCUT2D eigenvalue weighted by atomic mass is 10.2. The summed E-state index contributed by atoms with van der Waals surface area (Å²) in [6.07, 6.45) is 7.22. The lowest BCUT2D eigenvalue weighted by molar-refractivity contribution is 0.799. The quantitative estimate of drug-likeness (QED) is 0.608. The Morgan fingerprint density at radius 2 is 2.05 bits per heavy atom. The van der Waals surface area contributed by atoms with Gasteiger partial charge in [-0.3, -0.25) is 4.57 Å². The predicted molar refractivity (Wildman–Crippen MR) is 84.9 cm³/mol. The van der Waals surface area contributed by atoms with E-state index in [1.807, 2.05) is 22.9 Å². The van der Waals surface area contributed by atoms with Crippen molar-refractivity contribution in [3.63, 3.8) is 0 Å². The van der Waals surface area contributed by atoms with Gasteiger partial charge in [0.05, 0.1) is 11.0 Å². The van der Waals surface area contributed by atoms with Gasteiger partial charge in [-0.05, 0) is 18.2 Å². The maximum absolute atomic E-state index is 4.61. The first-order chi connectivity index (χ1) is 10.7. The van der Waals surface area contributed by atoms with Crippen LogP contribution in [-0.2, 0) is 0 Å². The van der Waals surface area contributed by atoms with E-state index in [4.69, 9.17) is 0 Å². The molecule has 0 radical (unpaired) electrons. The molecule has 4 aromatic rings. The van der Waals surface area contributed by atoms with Gasteiger partial charge < -0.3 is 9.97 Å². The third kappa shape index (κ3) is 2.00. The van der Waals surface area contributed by atoms with E-state index in [9.17, 15) is 0 Å². The number of hydrogen-bond acceptors (Lipinski definition) is 3. The topological polar surface area (TPSA) is 75.2 Å². The van der Waals surface area contributed by atoms with Gasteiger partial charge in [0.2, 0.25) is 0 Å². The molecule has 22 heavy (non-hydrogen) atoms. The third-order valence-corrected chi connectivity index (χ3v) is 3.66. The molecule has 6 heteroatoms. The molecular weight excluding hydrogens is 276 g/mol. The molecule has 0 aliphatic rings. The van der Waals surface area contributed by atoms with Gasteiger partial charge in [-0.2, -0.15) is 0 Å². The molecule has 0 atom stereocenters. The zero-order chi connectivity index (χ0) is 15.1. The summed E-state index contributed by atoms with van der Waals surface area (Å²) in [5.74, 6) is 2.91. The summed E-state index contributed by atoms with van der Waals surface area (Å²) in [5, 5.41) is 0. The Morgan fingerprint density at radius 3 is 2.82 bits per heavy atom. The second-order valence-corrected chi connectivity index (χ2v) is 5.54. The Morgan fingerprint density at radius 1 is 1.14 bits per heavy atom. The molecule has 0 fully saturated rings. The number of H-pyrrole nitrogens is 2. The monoisotopic (exact) mass is 292 g/mol. The first-order valence-corrected chi connectivity index (χ1v) is 7.25. The van der Waals surface area contributed by atoms with Crippen LogP contribution in [-0.4, -0.2) is 29.5 Å². The second-order valence-electron chi connectivity index (χ2n) is 5.54. The molecule has 0 unspecified atom stereocenters. The Kier molecular flexibility index (Phi) is 2.82. The minimum Gasteiger partial charge on any atom is -0.342 e. The van der Waals surface area contributed by atoms with Crippen molar-refractivity contribution in [1.29, 1.82) is 0 Å². The van der Waals surface area contributed by atoms with Crippen molar-refractivity contribution < 1.29 is 0 Å². The summed E-state index contributed by atoms with van der Waals surface area (Å²) < 4.78 is 2.01. The fourth-order valence-corrected chi connectivity index (χ4v) is 2.52. The zero-order valence-electron chi connectivity index (χ0n) is 12.4. The number of nitrogens with zero attached hydrogens (tertiary/aromatic N) is 4. The van der Waals surface area contributed by atoms with Crippen LogP contribution >= 0.6 is 0 Å². The van der Waals surface area contributed by atoms with E-state index in [1.54, 1.807) is 18.6 Å². The second kappa shape index (κ2) is 4.84. The first-order valence-electron chi connectivity index (χ1n) is 7.25. The molecule has 3 heterocycles. The van der Waals surface area contributed by atoms with Crippen LogP contribution in [0.2, 0.25) is 0 Å². The van der Waals surface area contributed by atoms with Gasteiger partial charge in [0.1, 0.15) is 5.82 Å². The molecule has 4 rings (SSSR count). The molecule has 110 valence electrons. The van der Waals surface area contributed by atoms with E-state index in [0.717, 1.165) is 34.2 Å². The van der Waals surface area contributed by atoms with Crippen molar-refractivity contribution in [2.75, 3.05) is 0 Å². The molecule has 0 spiro atoms. The van der Waals surface area contributed by atoms with Gasteiger partial charge in [-0.15, -0.1) is 0 Å². The third-order valence-electron chi connectivity index (χ3n) is 3.66. The van der Waals surface area contributed by atoms with Crippen LogP contribution in [0, 0.1) is 0 Å². The van der Waals surface area contributed by atoms with Crippen molar-refractivity contribution in [3.05, 3.63) is 48.8 Å². The summed E-state index contributed by atoms with van der Waals surface area (Å²) in [6.45, 7) is 4.26. The number of benzene rings is 1. The highest BCUT2D eigenvalue weighted by molar-refractivity contribution is 5.78. The summed E-state index contributed by atoms with van der Waals surface area (Å²) in [5.41, 5.74) is 3.03. The standard InChI is InChI=1S/C16H16N6/c1-10(2)14-20-12-4-3-11(9-13(12)21-14)22-8-7-19-16(22)15-17-5-6-18-15/h3-10H,1-2H3,(H,17,18)(H,20,21). The lowest BCUT2D eigenvalue weighted by Crippen LogP contribution is -1.97. The number of hydrogen-bond donors (Lipinski definition) is 2. The zero-order valence-corrected chi connectivity index (χ0v) is 12.4. The van der Waals surface area contributed by atoms with Crippen LogP contribution in [0.15, 0.2) is 43.0 Å². The highest BCUT2D eigenvalue weighted by Gasteiger charge is 2.12. The van der Waals surface area contributed by atoms with E-state index in [1.165, 1.54) is 0 Å². The van der Waals surface area contributed by atoms with Crippen molar-refractivity contribution in [1.82, 2.24) is 29.5 Å². The normalized spacial score (nSPS) is 11.6. The van der Waals surface area contributed by atoms with Crippen molar-refractivity contribution in [2.45, 2.75) is 19.8 Å². The summed E-state index contributed by atoms with van der Waals surface area (Å²) in [6, 6.07) is 6.16. The maximum Gasteiger partial charge on any atom is 0.180 e. The number of fused-ring (bicyclic) bond motifs is 1. The summed E-state index contributed by atoms with van der Waals surface area (Å²) in [4.78, 5) is 19.8. The van der Waals surface area contributed by atoms with Crippen LogP contribution in [0.4, 0.5) is 0 Å². The van der Waals surface area contributed by atoms with Gasteiger partial charge in [0.25, 0.3) is 0 Å². The van der Waals surface area contributed by atoms with Crippen LogP contribution in [0.25, 0.3) is 28.4 Å². The average molecular weight is 292 g/mol. The van der Waals surface area contributed by atoms with Gasteiger partial charge in [-0.25, -0.2) is 15.0 Å². The largest absolute Gasteiger partial charge is 0.342 e. The van der Waals surface area contributed by atoms with Gasteiger partial charge >= 0.3 is 0 Å². The molecule has 1 aromatic carbocycles. The van der Waals surface area contributed by atoms with Gasteiger partial charge in [0, 0.05) is 36.4 Å². The van der Waals surface area contributed by atoms with E-state index in [2.05, 4.69) is 44.8 Å². The Balaban J connectivity index is 1.83. The smallest absolute Gasteiger partial charge is 0.180 e. The molecule has 0 saturated heterocycles. The fraction of sp³-hybridized carbons (Fsp3) is 0.188. The van der Waals surface area contributed by atoms with Crippen LogP contribution in [0.1, 0.15) is 25.6 Å². The average Bonchev–Trinajstić information content (AvgIpc) is 3.24. The van der Waals surface area contributed by atoms with Crippen molar-refractivity contribution in [2.24, 2.45) is 0 Å². The number of rotatable bonds is 3. The molecule has 0 saturated carbocycles. The molecule has 0 bridgehead atoms. The molecule has 0 aliphatic heterocycles. The summed E-state index contributed by atoms with van der Waals surface area (Å²) in [7, 11) is 0. The predicted octanol–water partition coefficient (Wildman–Crippen LogP) is 3.26. The Hall–Kier alpha value is -2.89. The molecule has 3 aromatic heterocycles. The van der Waals surface area contributed by atoms with Crippen LogP contribution in [0.5, 0.6) is 0 Å². The maximum atomic E-state index is 4.61. The fourth-order valence-electron chi connectivity index (χ4n) is 2.52. The minimum atomic E-state index is 0.378. The first kappa shape index (κ1) is 12.8. The molecule has 2 N–H and O–H groups in total. The van der Waals surface area contributed by atoms with Gasteiger partial charge in [-0.1, -0.05) is 13.8 Å². The minimum absolute atomic E-state index is 0.378.